The van der Waals surface area contributed by atoms with Crippen LogP contribution in [0.15, 0.2) is 78.8 Å². The van der Waals surface area contributed by atoms with Crippen molar-refractivity contribution in [3.63, 3.8) is 0 Å². The predicted octanol–water partition coefficient (Wildman–Crippen LogP) is 3.95. The second-order valence-electron chi connectivity index (χ2n) is 7.67. The lowest BCUT2D eigenvalue weighted by Crippen LogP contribution is -2.36. The zero-order chi connectivity index (χ0) is 21.4. The number of rotatable bonds is 4. The largest absolute Gasteiger partial charge is 0.336 e. The van der Waals surface area contributed by atoms with Crippen LogP contribution in [0.5, 0.6) is 0 Å². The molecule has 0 fully saturated rings. The van der Waals surface area contributed by atoms with Crippen molar-refractivity contribution in [2.45, 2.75) is 19.4 Å². The van der Waals surface area contributed by atoms with Gasteiger partial charge in [0.2, 0.25) is 0 Å². The van der Waals surface area contributed by atoms with Crippen molar-refractivity contribution in [1.82, 2.24) is 9.88 Å². The fraction of sp³-hybridized carbons (Fsp3) is 0.160. The van der Waals surface area contributed by atoms with E-state index in [1.54, 1.807) is 36.7 Å². The molecular formula is C25H20FN3O2. The molecule has 2 aliphatic rings. The first-order chi connectivity index (χ1) is 15.1. The third-order valence-corrected chi connectivity index (χ3v) is 5.75. The Kier molecular flexibility index (Phi) is 4.82. The number of anilines is 1. The van der Waals surface area contributed by atoms with E-state index in [0.29, 0.717) is 23.4 Å². The number of fused-ring (bicyclic) bond motifs is 1. The third kappa shape index (κ3) is 3.40. The molecule has 2 aliphatic heterocycles. The molecule has 0 bridgehead atoms. The van der Waals surface area contributed by atoms with Crippen LogP contribution in [0.2, 0.25) is 0 Å². The van der Waals surface area contributed by atoms with Crippen molar-refractivity contribution in [3.8, 4) is 0 Å². The molecule has 6 heteroatoms. The Morgan fingerprint density at radius 3 is 2.42 bits per heavy atom. The number of hydrogen-bond acceptors (Lipinski definition) is 4. The highest BCUT2D eigenvalue weighted by Gasteiger charge is 2.42. The van der Waals surface area contributed by atoms with Gasteiger partial charge in [0.1, 0.15) is 11.5 Å². The zero-order valence-electron chi connectivity index (χ0n) is 16.8. The number of pyridine rings is 1. The molecule has 2 amide bonds. The summed E-state index contributed by atoms with van der Waals surface area (Å²) in [7, 11) is 0. The zero-order valence-corrected chi connectivity index (χ0v) is 16.8. The van der Waals surface area contributed by atoms with Gasteiger partial charge in [0, 0.05) is 24.6 Å². The molecule has 0 saturated carbocycles. The van der Waals surface area contributed by atoms with Crippen LogP contribution in [0.1, 0.15) is 23.1 Å². The van der Waals surface area contributed by atoms with Crippen molar-refractivity contribution in [2.75, 3.05) is 11.4 Å². The SMILES string of the molecule is O=C1C(c2ccc(F)cc2)=C(N2CCCc3ccccc32)C(=O)N1Cc1ccncc1. The Morgan fingerprint density at radius 2 is 1.65 bits per heavy atom. The van der Waals surface area contributed by atoms with E-state index in [0.717, 1.165) is 29.7 Å². The number of amides is 2. The first-order valence-corrected chi connectivity index (χ1v) is 10.2. The lowest BCUT2D eigenvalue weighted by Gasteiger charge is -2.32. The van der Waals surface area contributed by atoms with Crippen molar-refractivity contribution in [3.05, 3.63) is 101 Å². The normalized spacial score (nSPS) is 16.2. The van der Waals surface area contributed by atoms with Gasteiger partial charge >= 0.3 is 0 Å². The van der Waals surface area contributed by atoms with E-state index in [2.05, 4.69) is 11.1 Å². The summed E-state index contributed by atoms with van der Waals surface area (Å²) < 4.78 is 13.6. The van der Waals surface area contributed by atoms with Crippen LogP contribution in [0.25, 0.3) is 5.57 Å². The molecule has 0 radical (unpaired) electrons. The van der Waals surface area contributed by atoms with E-state index in [-0.39, 0.29) is 24.2 Å². The topological polar surface area (TPSA) is 53.5 Å². The first-order valence-electron chi connectivity index (χ1n) is 10.2. The second-order valence-corrected chi connectivity index (χ2v) is 7.67. The smallest absolute Gasteiger partial charge is 0.278 e. The number of aromatic nitrogens is 1. The van der Waals surface area contributed by atoms with Crippen molar-refractivity contribution >= 4 is 23.1 Å². The van der Waals surface area contributed by atoms with E-state index in [1.807, 2.05) is 23.1 Å². The van der Waals surface area contributed by atoms with Crippen LogP contribution in [0, 0.1) is 5.82 Å². The number of aryl methyl sites for hydroxylation is 1. The summed E-state index contributed by atoms with van der Waals surface area (Å²) in [6.45, 7) is 0.795. The second kappa shape index (κ2) is 7.80. The summed E-state index contributed by atoms with van der Waals surface area (Å²) in [5.74, 6) is -1.09. The Labute approximate surface area is 179 Å². The Bertz CT molecular complexity index is 1190. The maximum absolute atomic E-state index is 13.6. The number of carbonyl (C=O) groups is 2. The van der Waals surface area contributed by atoms with E-state index >= 15 is 0 Å². The summed E-state index contributed by atoms with van der Waals surface area (Å²) in [6, 6.07) is 17.3. The highest BCUT2D eigenvalue weighted by Crippen LogP contribution is 2.38. The Balaban J connectivity index is 1.63. The van der Waals surface area contributed by atoms with Gasteiger partial charge in [-0.05, 0) is 59.9 Å². The van der Waals surface area contributed by atoms with Gasteiger partial charge in [0.05, 0.1) is 12.1 Å². The van der Waals surface area contributed by atoms with E-state index in [9.17, 15) is 14.0 Å². The van der Waals surface area contributed by atoms with Crippen LogP contribution >= 0.6 is 0 Å². The van der Waals surface area contributed by atoms with Gasteiger partial charge in [0.25, 0.3) is 11.8 Å². The molecule has 0 atom stereocenters. The van der Waals surface area contributed by atoms with Crippen molar-refractivity contribution in [1.29, 1.82) is 0 Å². The number of hydrogen-bond donors (Lipinski definition) is 0. The summed E-state index contributed by atoms with van der Waals surface area (Å²) >= 11 is 0. The van der Waals surface area contributed by atoms with Gasteiger partial charge in [-0.1, -0.05) is 30.3 Å². The molecule has 0 saturated heterocycles. The fourth-order valence-corrected chi connectivity index (χ4v) is 4.27. The average molecular weight is 413 g/mol. The van der Waals surface area contributed by atoms with Gasteiger partial charge in [-0.15, -0.1) is 0 Å². The number of para-hydroxylation sites is 1. The molecule has 0 aliphatic carbocycles. The molecular weight excluding hydrogens is 393 g/mol. The standard InChI is InChI=1S/C25H20FN3O2/c26-20-9-7-19(8-10-20)22-23(28-15-3-5-18-4-1-2-6-21(18)28)25(31)29(24(22)30)16-17-11-13-27-14-12-17/h1-2,4,6-14H,3,5,15-16H2. The number of imide groups is 1. The minimum absolute atomic E-state index is 0.157. The van der Waals surface area contributed by atoms with Crippen LogP contribution in [0.4, 0.5) is 10.1 Å². The van der Waals surface area contributed by atoms with Crippen LogP contribution in [0.3, 0.4) is 0 Å². The molecule has 5 nitrogen and oxygen atoms in total. The Hall–Kier alpha value is -3.80. The monoisotopic (exact) mass is 413 g/mol. The molecule has 1 aromatic heterocycles. The number of benzene rings is 2. The van der Waals surface area contributed by atoms with E-state index < -0.39 is 0 Å². The van der Waals surface area contributed by atoms with Gasteiger partial charge in [-0.2, -0.15) is 0 Å². The molecule has 31 heavy (non-hydrogen) atoms. The maximum Gasteiger partial charge on any atom is 0.278 e. The number of nitrogens with zero attached hydrogens (tertiary/aromatic N) is 3. The average Bonchev–Trinajstić information content (AvgIpc) is 3.04. The summed E-state index contributed by atoms with van der Waals surface area (Å²) in [6.07, 6.45) is 5.07. The Morgan fingerprint density at radius 1 is 0.903 bits per heavy atom. The fourth-order valence-electron chi connectivity index (χ4n) is 4.27. The first kappa shape index (κ1) is 19.2. The van der Waals surface area contributed by atoms with Gasteiger partial charge in [-0.3, -0.25) is 19.5 Å². The molecule has 0 N–H and O–H groups in total. The molecule has 2 aromatic carbocycles. The van der Waals surface area contributed by atoms with Crippen molar-refractivity contribution in [2.24, 2.45) is 0 Å². The van der Waals surface area contributed by atoms with Crippen LogP contribution < -0.4 is 4.90 Å². The third-order valence-electron chi connectivity index (χ3n) is 5.75. The van der Waals surface area contributed by atoms with E-state index in [1.165, 1.54) is 17.0 Å². The predicted molar refractivity (Wildman–Crippen MR) is 115 cm³/mol. The summed E-state index contributed by atoms with van der Waals surface area (Å²) in [4.78, 5) is 34.3. The summed E-state index contributed by atoms with van der Waals surface area (Å²) in [5, 5.41) is 0. The molecule has 0 spiro atoms. The van der Waals surface area contributed by atoms with Crippen LogP contribution in [-0.4, -0.2) is 28.2 Å². The van der Waals surface area contributed by atoms with Crippen LogP contribution in [-0.2, 0) is 22.6 Å². The quantitative estimate of drug-likeness (QED) is 0.608. The molecule has 3 heterocycles. The van der Waals surface area contributed by atoms with E-state index in [4.69, 9.17) is 0 Å². The minimum atomic E-state index is -0.389. The number of halogens is 1. The van der Waals surface area contributed by atoms with Gasteiger partial charge in [-0.25, -0.2) is 4.39 Å². The summed E-state index contributed by atoms with van der Waals surface area (Å²) in [5.41, 5.74) is 4.11. The maximum atomic E-state index is 13.6. The molecule has 3 aromatic rings. The lowest BCUT2D eigenvalue weighted by molar-refractivity contribution is -0.137. The lowest BCUT2D eigenvalue weighted by atomic mass is 9.98. The van der Waals surface area contributed by atoms with Gasteiger partial charge < -0.3 is 4.90 Å². The van der Waals surface area contributed by atoms with Crippen molar-refractivity contribution < 1.29 is 14.0 Å². The molecule has 0 unspecified atom stereocenters. The molecule has 5 rings (SSSR count). The molecule has 154 valence electrons. The minimum Gasteiger partial charge on any atom is -0.336 e. The van der Waals surface area contributed by atoms with Gasteiger partial charge in [0.15, 0.2) is 0 Å². The highest BCUT2D eigenvalue weighted by atomic mass is 19.1. The highest BCUT2D eigenvalue weighted by molar-refractivity contribution is 6.36. The number of carbonyl (C=O) groups excluding carboxylic acids is 2.